The molecule has 1 aromatic heterocycles. The Labute approximate surface area is 98.6 Å². The summed E-state index contributed by atoms with van der Waals surface area (Å²) in [6.07, 6.45) is 1.24. The lowest BCUT2D eigenvalue weighted by molar-refractivity contribution is 0.415. The first-order valence-corrected chi connectivity index (χ1v) is 7.41. The number of hydrogen-bond donors (Lipinski definition) is 0. The van der Waals surface area contributed by atoms with Gasteiger partial charge >= 0.3 is 0 Å². The van der Waals surface area contributed by atoms with Gasteiger partial charge in [-0.25, -0.2) is 8.42 Å². The van der Waals surface area contributed by atoms with Gasteiger partial charge in [-0.3, -0.25) is 0 Å². The van der Waals surface area contributed by atoms with E-state index in [0.717, 1.165) is 21.4 Å². The summed E-state index contributed by atoms with van der Waals surface area (Å²) in [6.45, 7) is 1.84. The molecule has 0 bridgehead atoms. The molecule has 2 aromatic rings. The fourth-order valence-electron chi connectivity index (χ4n) is 1.66. The number of thiophene rings is 1. The van der Waals surface area contributed by atoms with Gasteiger partial charge < -0.3 is 4.74 Å². The number of benzene rings is 1. The van der Waals surface area contributed by atoms with Crippen LogP contribution in [0.5, 0.6) is 5.75 Å². The van der Waals surface area contributed by atoms with Crippen LogP contribution in [-0.2, 0) is 9.84 Å². The number of aryl methyl sites for hydroxylation is 1. The van der Waals surface area contributed by atoms with Gasteiger partial charge in [0.25, 0.3) is 0 Å². The molecule has 0 fully saturated rings. The van der Waals surface area contributed by atoms with Crippen molar-refractivity contribution in [3.05, 3.63) is 23.8 Å². The molecule has 16 heavy (non-hydrogen) atoms. The second-order valence-corrected chi connectivity index (χ2v) is 6.91. The Kier molecular flexibility index (Phi) is 2.67. The van der Waals surface area contributed by atoms with Crippen molar-refractivity contribution < 1.29 is 13.2 Å². The summed E-state index contributed by atoms with van der Waals surface area (Å²) in [5.41, 5.74) is 0.824. The Morgan fingerprint density at radius 3 is 2.56 bits per heavy atom. The predicted molar refractivity (Wildman–Crippen MR) is 66.2 cm³/mol. The summed E-state index contributed by atoms with van der Waals surface area (Å²) in [5, 5.41) is 0.978. The third-order valence-electron chi connectivity index (χ3n) is 2.44. The summed E-state index contributed by atoms with van der Waals surface area (Å²) in [4.78, 5) is 0. The minimum absolute atomic E-state index is 0.441. The highest BCUT2D eigenvalue weighted by molar-refractivity contribution is 7.93. The molecule has 0 atom stereocenters. The number of methoxy groups -OCH3 is 1. The monoisotopic (exact) mass is 256 g/mol. The van der Waals surface area contributed by atoms with Crippen molar-refractivity contribution in [1.29, 1.82) is 0 Å². The smallest absolute Gasteiger partial charge is 0.185 e. The first-order valence-electron chi connectivity index (χ1n) is 4.70. The van der Waals surface area contributed by atoms with Gasteiger partial charge in [0.2, 0.25) is 0 Å². The second-order valence-electron chi connectivity index (χ2n) is 3.65. The van der Waals surface area contributed by atoms with Gasteiger partial charge in [-0.05, 0) is 36.1 Å². The lowest BCUT2D eigenvalue weighted by atomic mass is 10.2. The Bertz CT molecular complexity index is 639. The normalized spacial score (nSPS) is 11.9. The minimum atomic E-state index is -3.14. The second kappa shape index (κ2) is 3.75. The van der Waals surface area contributed by atoms with Crippen molar-refractivity contribution in [3.63, 3.8) is 0 Å². The average molecular weight is 256 g/mol. The van der Waals surface area contributed by atoms with Crippen LogP contribution in [-0.4, -0.2) is 21.8 Å². The van der Waals surface area contributed by atoms with E-state index in [0.29, 0.717) is 4.21 Å². The maximum absolute atomic E-state index is 11.6. The lowest BCUT2D eigenvalue weighted by Crippen LogP contribution is -1.94. The van der Waals surface area contributed by atoms with Gasteiger partial charge in [0.1, 0.15) is 9.96 Å². The third-order valence-corrected chi connectivity index (χ3v) is 5.63. The van der Waals surface area contributed by atoms with E-state index < -0.39 is 9.84 Å². The largest absolute Gasteiger partial charge is 0.497 e. The predicted octanol–water partition coefficient (Wildman–Crippen LogP) is 2.62. The maximum Gasteiger partial charge on any atom is 0.185 e. The molecule has 5 heteroatoms. The van der Waals surface area contributed by atoms with Gasteiger partial charge in [-0.15, -0.1) is 11.3 Å². The van der Waals surface area contributed by atoms with E-state index in [1.54, 1.807) is 7.11 Å². The fourth-order valence-corrected chi connectivity index (χ4v) is 4.17. The van der Waals surface area contributed by atoms with Crippen LogP contribution in [0.2, 0.25) is 0 Å². The molecular formula is C11H12O3S2. The topological polar surface area (TPSA) is 43.4 Å². The first-order chi connectivity index (χ1) is 7.43. The molecule has 0 aliphatic heterocycles. The summed E-state index contributed by atoms with van der Waals surface area (Å²) in [5.74, 6) is 0.744. The Balaban J connectivity index is 2.78. The van der Waals surface area contributed by atoms with Crippen LogP contribution in [0.3, 0.4) is 0 Å². The van der Waals surface area contributed by atoms with Crippen LogP contribution < -0.4 is 4.74 Å². The minimum Gasteiger partial charge on any atom is -0.497 e. The number of rotatable bonds is 2. The first kappa shape index (κ1) is 11.4. The van der Waals surface area contributed by atoms with Crippen LogP contribution in [0.25, 0.3) is 10.1 Å². The molecule has 0 saturated carbocycles. The zero-order valence-corrected chi connectivity index (χ0v) is 10.9. The molecule has 1 aromatic carbocycles. The molecule has 2 rings (SSSR count). The zero-order valence-electron chi connectivity index (χ0n) is 9.27. The van der Waals surface area contributed by atoms with Crippen molar-refractivity contribution in [1.82, 2.24) is 0 Å². The van der Waals surface area contributed by atoms with Crippen LogP contribution in [0.1, 0.15) is 5.56 Å². The van der Waals surface area contributed by atoms with Gasteiger partial charge in [-0.2, -0.15) is 0 Å². The van der Waals surface area contributed by atoms with E-state index >= 15 is 0 Å². The van der Waals surface area contributed by atoms with E-state index in [-0.39, 0.29) is 0 Å². The van der Waals surface area contributed by atoms with E-state index in [4.69, 9.17) is 4.74 Å². The highest BCUT2D eigenvalue weighted by Crippen LogP contribution is 2.35. The highest BCUT2D eigenvalue weighted by atomic mass is 32.2. The SMILES string of the molecule is COc1ccc2c(C)c(S(C)(=O)=O)sc2c1. The highest BCUT2D eigenvalue weighted by Gasteiger charge is 2.17. The zero-order chi connectivity index (χ0) is 11.9. The summed E-state index contributed by atoms with van der Waals surface area (Å²) in [6, 6.07) is 5.60. The average Bonchev–Trinajstić information content (AvgIpc) is 2.55. The fraction of sp³-hybridized carbons (Fsp3) is 0.273. The Morgan fingerprint density at radius 2 is 2.00 bits per heavy atom. The van der Waals surface area contributed by atoms with E-state index in [9.17, 15) is 8.42 Å². The molecular weight excluding hydrogens is 244 g/mol. The van der Waals surface area contributed by atoms with Crippen LogP contribution in [0.4, 0.5) is 0 Å². The quantitative estimate of drug-likeness (QED) is 0.829. The van der Waals surface area contributed by atoms with Gasteiger partial charge in [0.15, 0.2) is 9.84 Å². The van der Waals surface area contributed by atoms with Crippen molar-refractivity contribution >= 4 is 31.3 Å². The molecule has 0 aliphatic carbocycles. The van der Waals surface area contributed by atoms with Gasteiger partial charge in [-0.1, -0.05) is 0 Å². The van der Waals surface area contributed by atoms with E-state index in [2.05, 4.69) is 0 Å². The number of ether oxygens (including phenoxy) is 1. The van der Waals surface area contributed by atoms with E-state index in [1.165, 1.54) is 17.6 Å². The van der Waals surface area contributed by atoms with Gasteiger partial charge in [0.05, 0.1) is 7.11 Å². The lowest BCUT2D eigenvalue weighted by Gasteiger charge is -1.98. The molecule has 0 radical (unpaired) electrons. The Morgan fingerprint density at radius 1 is 1.31 bits per heavy atom. The third kappa shape index (κ3) is 1.81. The van der Waals surface area contributed by atoms with Crippen LogP contribution >= 0.6 is 11.3 Å². The van der Waals surface area contributed by atoms with Crippen molar-refractivity contribution in [2.75, 3.05) is 13.4 Å². The summed E-state index contributed by atoms with van der Waals surface area (Å²) in [7, 11) is -1.54. The van der Waals surface area contributed by atoms with Crippen LogP contribution in [0.15, 0.2) is 22.4 Å². The summed E-state index contributed by atoms with van der Waals surface area (Å²) < 4.78 is 29.6. The molecule has 0 aliphatic rings. The Hall–Kier alpha value is -1.07. The summed E-state index contributed by atoms with van der Waals surface area (Å²) >= 11 is 1.29. The number of sulfone groups is 1. The molecule has 3 nitrogen and oxygen atoms in total. The molecule has 0 amide bonds. The van der Waals surface area contributed by atoms with Crippen molar-refractivity contribution in [3.8, 4) is 5.75 Å². The molecule has 0 spiro atoms. The maximum atomic E-state index is 11.6. The number of fused-ring (bicyclic) bond motifs is 1. The van der Waals surface area contributed by atoms with Crippen LogP contribution in [0, 0.1) is 6.92 Å². The standard InChI is InChI=1S/C11H12O3S2/c1-7-9-5-4-8(14-2)6-10(9)15-11(7)16(3,12)13/h4-6H,1-3H3. The molecule has 0 saturated heterocycles. The van der Waals surface area contributed by atoms with Crippen molar-refractivity contribution in [2.45, 2.75) is 11.1 Å². The molecule has 0 N–H and O–H groups in total. The molecule has 86 valence electrons. The van der Waals surface area contributed by atoms with Crippen molar-refractivity contribution in [2.24, 2.45) is 0 Å². The van der Waals surface area contributed by atoms with Gasteiger partial charge in [0, 0.05) is 11.0 Å². The molecule has 0 unspecified atom stereocenters. The molecule has 1 heterocycles. The van der Waals surface area contributed by atoms with E-state index in [1.807, 2.05) is 25.1 Å². The number of hydrogen-bond acceptors (Lipinski definition) is 4.